The van der Waals surface area contributed by atoms with E-state index in [1.807, 2.05) is 13.8 Å². The predicted molar refractivity (Wildman–Crippen MR) is 89.8 cm³/mol. The molecule has 8 heteroatoms. The first-order valence-electron chi connectivity index (χ1n) is 7.82. The number of rotatable bonds is 9. The Balaban J connectivity index is 2.94. The summed E-state index contributed by atoms with van der Waals surface area (Å²) in [6.07, 6.45) is 0.808. The van der Waals surface area contributed by atoms with Gasteiger partial charge in [-0.25, -0.2) is 12.8 Å². The van der Waals surface area contributed by atoms with Crippen LogP contribution in [0.15, 0.2) is 23.1 Å². The van der Waals surface area contributed by atoms with Crippen LogP contribution in [0, 0.1) is 11.7 Å². The van der Waals surface area contributed by atoms with Crippen molar-refractivity contribution in [1.29, 1.82) is 0 Å². The van der Waals surface area contributed by atoms with Gasteiger partial charge in [-0.1, -0.05) is 20.8 Å². The molecule has 0 aliphatic carbocycles. The highest BCUT2D eigenvalue weighted by Gasteiger charge is 2.28. The maximum atomic E-state index is 13.5. The van der Waals surface area contributed by atoms with Crippen LogP contribution in [0.1, 0.15) is 27.2 Å². The number of nitrogens with one attached hydrogen (secondary N) is 1. The molecule has 1 N–H and O–H groups in total. The van der Waals surface area contributed by atoms with E-state index in [0.29, 0.717) is 12.5 Å². The van der Waals surface area contributed by atoms with Crippen molar-refractivity contribution in [3.63, 3.8) is 0 Å². The predicted octanol–water partition coefficient (Wildman–Crippen LogP) is 2.01. The molecule has 0 spiro atoms. The summed E-state index contributed by atoms with van der Waals surface area (Å²) in [6, 6.07) is 3.26. The highest BCUT2D eigenvalue weighted by atomic mass is 32.2. The summed E-state index contributed by atoms with van der Waals surface area (Å²) in [5, 5.41) is 2.69. The van der Waals surface area contributed by atoms with Gasteiger partial charge in [-0.3, -0.25) is 4.79 Å². The second-order valence-electron chi connectivity index (χ2n) is 5.76. The molecule has 0 atom stereocenters. The highest BCUT2D eigenvalue weighted by Crippen LogP contribution is 2.27. The van der Waals surface area contributed by atoms with Crippen molar-refractivity contribution < 1.29 is 22.3 Å². The van der Waals surface area contributed by atoms with Crippen molar-refractivity contribution in [1.82, 2.24) is 9.62 Å². The zero-order valence-electron chi connectivity index (χ0n) is 14.5. The van der Waals surface area contributed by atoms with Crippen LogP contribution >= 0.6 is 0 Å². The van der Waals surface area contributed by atoms with Gasteiger partial charge in [0.2, 0.25) is 15.9 Å². The third-order valence-electron chi connectivity index (χ3n) is 3.46. The molecule has 136 valence electrons. The minimum Gasteiger partial charge on any atom is -0.495 e. The first-order valence-corrected chi connectivity index (χ1v) is 9.26. The van der Waals surface area contributed by atoms with Gasteiger partial charge >= 0.3 is 0 Å². The Bertz CT molecular complexity index is 662. The Hall–Kier alpha value is -1.67. The first-order chi connectivity index (χ1) is 11.2. The second kappa shape index (κ2) is 8.98. The van der Waals surface area contributed by atoms with Crippen molar-refractivity contribution in [3.8, 4) is 5.75 Å². The van der Waals surface area contributed by atoms with Crippen molar-refractivity contribution >= 4 is 15.9 Å². The molecule has 0 aliphatic rings. The Kier molecular flexibility index (Phi) is 7.62. The summed E-state index contributed by atoms with van der Waals surface area (Å²) >= 11 is 0. The Morgan fingerprint density at radius 2 is 2.04 bits per heavy atom. The minimum absolute atomic E-state index is 0.0371. The van der Waals surface area contributed by atoms with E-state index in [1.54, 1.807) is 6.92 Å². The minimum atomic E-state index is -4.05. The molecule has 1 amide bonds. The zero-order valence-corrected chi connectivity index (χ0v) is 15.3. The van der Waals surface area contributed by atoms with E-state index >= 15 is 0 Å². The fourth-order valence-corrected chi connectivity index (χ4v) is 3.65. The van der Waals surface area contributed by atoms with E-state index < -0.39 is 21.7 Å². The molecular formula is C16H25FN2O4S. The number of nitrogens with zero attached hydrogens (tertiary/aromatic N) is 1. The number of benzene rings is 1. The lowest BCUT2D eigenvalue weighted by molar-refractivity contribution is -0.121. The van der Waals surface area contributed by atoms with Gasteiger partial charge in [-0.15, -0.1) is 0 Å². The van der Waals surface area contributed by atoms with E-state index in [4.69, 9.17) is 4.74 Å². The van der Waals surface area contributed by atoms with Gasteiger partial charge in [0.1, 0.15) is 16.5 Å². The Morgan fingerprint density at radius 1 is 1.38 bits per heavy atom. The molecule has 1 aromatic carbocycles. The molecule has 0 saturated carbocycles. The Labute approximate surface area is 143 Å². The summed E-state index contributed by atoms with van der Waals surface area (Å²) in [5.74, 6) is -0.605. The van der Waals surface area contributed by atoms with E-state index in [0.717, 1.165) is 22.9 Å². The molecule has 0 saturated heterocycles. The largest absolute Gasteiger partial charge is 0.495 e. The number of hydrogen-bond donors (Lipinski definition) is 1. The number of ether oxygens (including phenoxy) is 1. The smallest absolute Gasteiger partial charge is 0.247 e. The maximum Gasteiger partial charge on any atom is 0.247 e. The van der Waals surface area contributed by atoms with Crippen molar-refractivity contribution in [2.45, 2.75) is 32.1 Å². The number of carbonyl (C=O) groups is 1. The van der Waals surface area contributed by atoms with Crippen LogP contribution < -0.4 is 10.1 Å². The quantitative estimate of drug-likeness (QED) is 0.731. The average Bonchev–Trinajstić information content (AvgIpc) is 2.52. The van der Waals surface area contributed by atoms with E-state index in [-0.39, 0.29) is 23.7 Å². The molecule has 0 aliphatic heterocycles. The number of likely N-dealkylation sites (N-methyl/N-ethyl adjacent to an activating group) is 1. The first kappa shape index (κ1) is 20.4. The second-order valence-corrected chi connectivity index (χ2v) is 7.67. The number of sulfonamides is 1. The lowest BCUT2D eigenvalue weighted by atomic mass is 10.1. The van der Waals surface area contributed by atoms with Crippen LogP contribution in [0.4, 0.5) is 4.39 Å². The molecule has 0 radical (unpaired) electrons. The van der Waals surface area contributed by atoms with Crippen LogP contribution in [0.2, 0.25) is 0 Å². The summed E-state index contributed by atoms with van der Waals surface area (Å²) < 4.78 is 44.9. The molecule has 1 aromatic rings. The fraction of sp³-hybridized carbons (Fsp3) is 0.562. The molecule has 0 bridgehead atoms. The standard InChI is InChI=1S/C16H25FN2O4S/c1-5-19(11-16(20)18-9-8-12(2)3)24(21,22)15-10-13(17)6-7-14(15)23-4/h6-7,10,12H,5,8-9,11H2,1-4H3,(H,18,20). The summed E-state index contributed by atoms with van der Waals surface area (Å²) in [7, 11) is -2.74. The number of carbonyl (C=O) groups excluding carboxylic acids is 1. The fourth-order valence-electron chi connectivity index (χ4n) is 2.07. The van der Waals surface area contributed by atoms with Crippen LogP contribution in [-0.4, -0.2) is 45.4 Å². The zero-order chi connectivity index (χ0) is 18.3. The summed E-state index contributed by atoms with van der Waals surface area (Å²) in [5.41, 5.74) is 0. The molecule has 6 nitrogen and oxygen atoms in total. The molecule has 0 unspecified atom stereocenters. The Morgan fingerprint density at radius 3 is 2.58 bits per heavy atom. The number of amides is 1. The molecule has 1 rings (SSSR count). The average molecular weight is 360 g/mol. The van der Waals surface area contributed by atoms with Gasteiger partial charge in [0.15, 0.2) is 0 Å². The van der Waals surface area contributed by atoms with Crippen molar-refractivity contribution in [3.05, 3.63) is 24.0 Å². The monoisotopic (exact) mass is 360 g/mol. The van der Waals surface area contributed by atoms with Crippen molar-refractivity contribution in [2.75, 3.05) is 26.7 Å². The normalized spacial score (nSPS) is 11.8. The molecule has 0 heterocycles. The van der Waals surface area contributed by atoms with Crippen LogP contribution in [0.5, 0.6) is 5.75 Å². The van der Waals surface area contributed by atoms with E-state index in [9.17, 15) is 17.6 Å². The van der Waals surface area contributed by atoms with Crippen LogP contribution in [-0.2, 0) is 14.8 Å². The third-order valence-corrected chi connectivity index (χ3v) is 5.40. The topological polar surface area (TPSA) is 75.7 Å². The lowest BCUT2D eigenvalue weighted by Gasteiger charge is -2.21. The highest BCUT2D eigenvalue weighted by molar-refractivity contribution is 7.89. The van der Waals surface area contributed by atoms with Gasteiger partial charge in [0, 0.05) is 13.1 Å². The van der Waals surface area contributed by atoms with Gasteiger partial charge in [0.05, 0.1) is 13.7 Å². The maximum absolute atomic E-state index is 13.5. The van der Waals surface area contributed by atoms with Crippen molar-refractivity contribution in [2.24, 2.45) is 5.92 Å². The summed E-state index contributed by atoms with van der Waals surface area (Å²) in [4.78, 5) is 11.7. The molecular weight excluding hydrogens is 335 g/mol. The van der Waals surface area contributed by atoms with E-state index in [2.05, 4.69) is 5.32 Å². The summed E-state index contributed by atoms with van der Waals surface area (Å²) in [6.45, 7) is 5.93. The molecule has 0 aromatic heterocycles. The lowest BCUT2D eigenvalue weighted by Crippen LogP contribution is -2.41. The number of hydrogen-bond acceptors (Lipinski definition) is 4. The van der Waals surface area contributed by atoms with Gasteiger partial charge < -0.3 is 10.1 Å². The van der Waals surface area contributed by atoms with Gasteiger partial charge in [0.25, 0.3) is 0 Å². The SMILES string of the molecule is CCN(CC(=O)NCCC(C)C)S(=O)(=O)c1cc(F)ccc1OC. The molecule has 24 heavy (non-hydrogen) atoms. The van der Waals surface area contributed by atoms with Crippen LogP contribution in [0.25, 0.3) is 0 Å². The van der Waals surface area contributed by atoms with Gasteiger partial charge in [-0.05, 0) is 30.5 Å². The van der Waals surface area contributed by atoms with Crippen LogP contribution in [0.3, 0.4) is 0 Å². The number of methoxy groups -OCH3 is 1. The number of halogens is 1. The third kappa shape index (κ3) is 5.45. The van der Waals surface area contributed by atoms with E-state index in [1.165, 1.54) is 13.2 Å². The molecule has 0 fully saturated rings. The van der Waals surface area contributed by atoms with Gasteiger partial charge in [-0.2, -0.15) is 4.31 Å².